The van der Waals surface area contributed by atoms with Crippen LogP contribution in [0, 0.1) is 12.8 Å². The monoisotopic (exact) mass is 367 g/mol. The van der Waals surface area contributed by atoms with Gasteiger partial charge in [0.1, 0.15) is 5.75 Å². The maximum atomic E-state index is 12.5. The molecule has 3 amide bonds. The molecule has 1 fully saturated rings. The van der Waals surface area contributed by atoms with Crippen molar-refractivity contribution in [1.29, 1.82) is 0 Å². The van der Waals surface area contributed by atoms with E-state index >= 15 is 0 Å². The van der Waals surface area contributed by atoms with Crippen LogP contribution < -0.4 is 21.1 Å². The molecule has 0 saturated heterocycles. The Balaban J connectivity index is 1.65. The third-order valence-corrected chi connectivity index (χ3v) is 4.20. The Hall–Kier alpha value is -3.35. The van der Waals surface area contributed by atoms with Crippen molar-refractivity contribution in [3.63, 3.8) is 0 Å². The summed E-state index contributed by atoms with van der Waals surface area (Å²) in [6.45, 7) is 1.66. The van der Waals surface area contributed by atoms with E-state index in [4.69, 9.17) is 10.5 Å². The van der Waals surface area contributed by atoms with Crippen molar-refractivity contribution in [3.8, 4) is 5.75 Å². The van der Waals surface area contributed by atoms with Gasteiger partial charge in [0.05, 0.1) is 0 Å². The molecular formula is C20H21N3O4. The first-order valence-corrected chi connectivity index (χ1v) is 8.66. The predicted octanol–water partition coefficient (Wildman–Crippen LogP) is 2.46. The smallest absolute Gasteiger partial charge is 0.255 e. The lowest BCUT2D eigenvalue weighted by Gasteiger charge is -2.12. The zero-order valence-corrected chi connectivity index (χ0v) is 15.0. The second-order valence-corrected chi connectivity index (χ2v) is 6.53. The van der Waals surface area contributed by atoms with Crippen molar-refractivity contribution in [2.75, 3.05) is 17.2 Å². The largest absolute Gasteiger partial charge is 0.484 e. The minimum atomic E-state index is -0.569. The Morgan fingerprint density at radius 2 is 1.78 bits per heavy atom. The Bertz CT molecular complexity index is 873. The highest BCUT2D eigenvalue weighted by atomic mass is 16.5. The van der Waals surface area contributed by atoms with E-state index in [0.717, 1.165) is 18.4 Å². The summed E-state index contributed by atoms with van der Waals surface area (Å²) in [7, 11) is 0. The SMILES string of the molecule is Cc1ccc(NC(=O)C2CC2)cc1NC(=O)c1ccc(OCC(N)=O)cc1. The lowest BCUT2D eigenvalue weighted by molar-refractivity contribution is -0.120. The molecule has 2 aromatic carbocycles. The van der Waals surface area contributed by atoms with E-state index in [2.05, 4.69) is 10.6 Å². The van der Waals surface area contributed by atoms with Crippen molar-refractivity contribution in [3.05, 3.63) is 53.6 Å². The Labute approximate surface area is 156 Å². The molecule has 2 aromatic rings. The summed E-state index contributed by atoms with van der Waals surface area (Å²) in [5.41, 5.74) is 7.63. The Kier molecular flexibility index (Phi) is 5.40. The molecule has 3 rings (SSSR count). The van der Waals surface area contributed by atoms with Gasteiger partial charge in [0, 0.05) is 22.9 Å². The standard InChI is InChI=1S/C20H21N3O4/c1-12-2-7-15(22-19(25)13-3-4-13)10-17(12)23-20(26)14-5-8-16(9-6-14)27-11-18(21)24/h2,5-10,13H,3-4,11H2,1H3,(H2,21,24)(H,22,25)(H,23,26). The molecule has 0 unspecified atom stereocenters. The zero-order chi connectivity index (χ0) is 19.4. The summed E-state index contributed by atoms with van der Waals surface area (Å²) in [6.07, 6.45) is 1.86. The molecule has 7 nitrogen and oxygen atoms in total. The summed E-state index contributed by atoms with van der Waals surface area (Å²) >= 11 is 0. The van der Waals surface area contributed by atoms with Crippen LogP contribution in [0.5, 0.6) is 5.75 Å². The van der Waals surface area contributed by atoms with Crippen LogP contribution in [0.1, 0.15) is 28.8 Å². The van der Waals surface area contributed by atoms with Crippen LogP contribution in [-0.2, 0) is 9.59 Å². The van der Waals surface area contributed by atoms with Gasteiger partial charge in [-0.05, 0) is 61.7 Å². The minimum absolute atomic E-state index is 0.0164. The second kappa shape index (κ2) is 7.90. The quantitative estimate of drug-likeness (QED) is 0.698. The highest BCUT2D eigenvalue weighted by Crippen LogP contribution is 2.31. The Morgan fingerprint density at radius 1 is 1.07 bits per heavy atom. The van der Waals surface area contributed by atoms with E-state index in [0.29, 0.717) is 22.7 Å². The van der Waals surface area contributed by atoms with Crippen LogP contribution in [0.3, 0.4) is 0 Å². The van der Waals surface area contributed by atoms with E-state index in [-0.39, 0.29) is 24.3 Å². The molecule has 0 spiro atoms. The average Bonchev–Trinajstić information content (AvgIpc) is 3.48. The van der Waals surface area contributed by atoms with Crippen LogP contribution in [0.25, 0.3) is 0 Å². The first-order chi connectivity index (χ1) is 12.9. The minimum Gasteiger partial charge on any atom is -0.484 e. The molecule has 0 aliphatic heterocycles. The fraction of sp³-hybridized carbons (Fsp3) is 0.250. The Morgan fingerprint density at radius 3 is 2.41 bits per heavy atom. The normalized spacial score (nSPS) is 12.9. The molecule has 7 heteroatoms. The molecular weight excluding hydrogens is 346 g/mol. The van der Waals surface area contributed by atoms with E-state index in [1.165, 1.54) is 0 Å². The summed E-state index contributed by atoms with van der Waals surface area (Å²) in [4.78, 5) is 35.1. The molecule has 0 heterocycles. The lowest BCUT2D eigenvalue weighted by atomic mass is 10.1. The maximum Gasteiger partial charge on any atom is 0.255 e. The van der Waals surface area contributed by atoms with Crippen molar-refractivity contribution >= 4 is 29.1 Å². The summed E-state index contributed by atoms with van der Waals surface area (Å²) in [5, 5.41) is 5.72. The van der Waals surface area contributed by atoms with Gasteiger partial charge in [-0.2, -0.15) is 0 Å². The average molecular weight is 367 g/mol. The van der Waals surface area contributed by atoms with Gasteiger partial charge in [-0.1, -0.05) is 6.07 Å². The van der Waals surface area contributed by atoms with Crippen LogP contribution in [-0.4, -0.2) is 24.3 Å². The number of rotatable bonds is 7. The van der Waals surface area contributed by atoms with Gasteiger partial charge in [-0.15, -0.1) is 0 Å². The van der Waals surface area contributed by atoms with Crippen LogP contribution in [0.2, 0.25) is 0 Å². The number of carbonyl (C=O) groups excluding carboxylic acids is 3. The molecule has 0 aromatic heterocycles. The summed E-state index contributed by atoms with van der Waals surface area (Å²) < 4.78 is 5.17. The van der Waals surface area contributed by atoms with Crippen molar-refractivity contribution in [2.24, 2.45) is 11.7 Å². The first-order valence-electron chi connectivity index (χ1n) is 8.66. The number of anilines is 2. The maximum absolute atomic E-state index is 12.5. The van der Waals surface area contributed by atoms with Gasteiger partial charge >= 0.3 is 0 Å². The predicted molar refractivity (Wildman–Crippen MR) is 102 cm³/mol. The number of nitrogens with one attached hydrogen (secondary N) is 2. The van der Waals surface area contributed by atoms with Crippen molar-refractivity contribution in [2.45, 2.75) is 19.8 Å². The molecule has 0 bridgehead atoms. The topological polar surface area (TPSA) is 111 Å². The molecule has 1 aliphatic carbocycles. The zero-order valence-electron chi connectivity index (χ0n) is 15.0. The van der Waals surface area contributed by atoms with Crippen molar-refractivity contribution < 1.29 is 19.1 Å². The highest BCUT2D eigenvalue weighted by Gasteiger charge is 2.29. The number of ether oxygens (including phenoxy) is 1. The fourth-order valence-electron chi connectivity index (χ4n) is 2.48. The molecule has 4 N–H and O–H groups in total. The fourth-order valence-corrected chi connectivity index (χ4v) is 2.48. The van der Waals surface area contributed by atoms with E-state index in [1.54, 1.807) is 30.3 Å². The van der Waals surface area contributed by atoms with Gasteiger partial charge < -0.3 is 21.1 Å². The molecule has 1 saturated carbocycles. The lowest BCUT2D eigenvalue weighted by Crippen LogP contribution is -2.20. The summed E-state index contributed by atoms with van der Waals surface area (Å²) in [6, 6.07) is 11.8. The first kappa shape index (κ1) is 18.4. The van der Waals surface area contributed by atoms with Crippen LogP contribution >= 0.6 is 0 Å². The number of carbonyl (C=O) groups is 3. The van der Waals surface area contributed by atoms with Crippen LogP contribution in [0.4, 0.5) is 11.4 Å². The third-order valence-electron chi connectivity index (χ3n) is 4.20. The van der Waals surface area contributed by atoms with Gasteiger partial charge in [-0.25, -0.2) is 0 Å². The number of hydrogen-bond donors (Lipinski definition) is 3. The molecule has 0 atom stereocenters. The molecule has 1 aliphatic rings. The third kappa shape index (κ3) is 5.07. The number of benzene rings is 2. The summed E-state index contributed by atoms with van der Waals surface area (Å²) in [5.74, 6) is -0.278. The second-order valence-electron chi connectivity index (χ2n) is 6.53. The van der Waals surface area contributed by atoms with Crippen LogP contribution in [0.15, 0.2) is 42.5 Å². The molecule has 0 radical (unpaired) electrons. The van der Waals surface area contributed by atoms with E-state index in [1.807, 2.05) is 19.1 Å². The van der Waals surface area contributed by atoms with Gasteiger partial charge in [0.2, 0.25) is 5.91 Å². The molecule has 27 heavy (non-hydrogen) atoms. The number of aryl methyl sites for hydroxylation is 1. The molecule has 140 valence electrons. The number of nitrogens with two attached hydrogens (primary N) is 1. The van der Waals surface area contributed by atoms with E-state index < -0.39 is 5.91 Å². The number of hydrogen-bond acceptors (Lipinski definition) is 4. The van der Waals surface area contributed by atoms with E-state index in [9.17, 15) is 14.4 Å². The van der Waals surface area contributed by atoms with Gasteiger partial charge in [0.25, 0.3) is 11.8 Å². The van der Waals surface area contributed by atoms with Crippen molar-refractivity contribution in [1.82, 2.24) is 0 Å². The number of primary amides is 1. The van der Waals surface area contributed by atoms with Gasteiger partial charge in [0.15, 0.2) is 6.61 Å². The number of amides is 3. The highest BCUT2D eigenvalue weighted by molar-refractivity contribution is 6.05. The van der Waals surface area contributed by atoms with Gasteiger partial charge in [-0.3, -0.25) is 14.4 Å².